The van der Waals surface area contributed by atoms with Gasteiger partial charge in [-0.25, -0.2) is 9.67 Å². The standard InChI is InChI=1S/C11H22N4/c1-5-10(12)9(4)6-11-13-7-14-15(11)8(2)3/h7-10H,5-6,12H2,1-4H3. The summed E-state index contributed by atoms with van der Waals surface area (Å²) >= 11 is 0. The summed E-state index contributed by atoms with van der Waals surface area (Å²) in [4.78, 5) is 4.29. The molecule has 2 N–H and O–H groups in total. The SMILES string of the molecule is CCC(N)C(C)Cc1ncnn1C(C)C. The van der Waals surface area contributed by atoms with Gasteiger partial charge in [-0.15, -0.1) is 0 Å². The Morgan fingerprint density at radius 2 is 2.07 bits per heavy atom. The van der Waals surface area contributed by atoms with Gasteiger partial charge in [0.2, 0.25) is 0 Å². The first-order chi connectivity index (χ1) is 7.06. The zero-order valence-electron chi connectivity index (χ0n) is 10.1. The first-order valence-electron chi connectivity index (χ1n) is 5.70. The third kappa shape index (κ3) is 3.02. The molecule has 1 aromatic heterocycles. The highest BCUT2D eigenvalue weighted by Crippen LogP contribution is 2.13. The molecule has 1 heterocycles. The highest BCUT2D eigenvalue weighted by molar-refractivity contribution is 4.90. The summed E-state index contributed by atoms with van der Waals surface area (Å²) in [5, 5.41) is 4.22. The second kappa shape index (κ2) is 5.26. The molecule has 0 saturated carbocycles. The molecule has 15 heavy (non-hydrogen) atoms. The quantitative estimate of drug-likeness (QED) is 0.806. The van der Waals surface area contributed by atoms with E-state index in [1.54, 1.807) is 6.33 Å². The van der Waals surface area contributed by atoms with Gasteiger partial charge in [-0.05, 0) is 26.2 Å². The summed E-state index contributed by atoms with van der Waals surface area (Å²) in [5.74, 6) is 1.50. The van der Waals surface area contributed by atoms with E-state index in [2.05, 4.69) is 37.8 Å². The van der Waals surface area contributed by atoms with Crippen molar-refractivity contribution in [2.24, 2.45) is 11.7 Å². The number of hydrogen-bond donors (Lipinski definition) is 1. The monoisotopic (exact) mass is 210 g/mol. The van der Waals surface area contributed by atoms with E-state index < -0.39 is 0 Å². The summed E-state index contributed by atoms with van der Waals surface area (Å²) in [5.41, 5.74) is 6.00. The van der Waals surface area contributed by atoms with Gasteiger partial charge in [-0.2, -0.15) is 5.10 Å². The summed E-state index contributed by atoms with van der Waals surface area (Å²) in [6.45, 7) is 8.52. The summed E-state index contributed by atoms with van der Waals surface area (Å²) in [6, 6.07) is 0.620. The lowest BCUT2D eigenvalue weighted by Gasteiger charge is -2.18. The number of nitrogens with two attached hydrogens (primary N) is 1. The smallest absolute Gasteiger partial charge is 0.138 e. The van der Waals surface area contributed by atoms with Crippen molar-refractivity contribution in [3.05, 3.63) is 12.2 Å². The van der Waals surface area contributed by atoms with Crippen molar-refractivity contribution in [2.45, 2.75) is 52.6 Å². The Balaban J connectivity index is 2.67. The molecule has 2 unspecified atom stereocenters. The van der Waals surface area contributed by atoms with Crippen LogP contribution < -0.4 is 5.73 Å². The van der Waals surface area contributed by atoms with Gasteiger partial charge in [0.05, 0.1) is 0 Å². The molecule has 0 spiro atoms. The van der Waals surface area contributed by atoms with Crippen LogP contribution in [0.25, 0.3) is 0 Å². The first-order valence-corrected chi connectivity index (χ1v) is 5.70. The summed E-state index contributed by atoms with van der Waals surface area (Å²) in [7, 11) is 0. The Morgan fingerprint density at radius 1 is 1.40 bits per heavy atom. The van der Waals surface area contributed by atoms with Crippen molar-refractivity contribution < 1.29 is 0 Å². The zero-order valence-corrected chi connectivity index (χ0v) is 10.1. The number of hydrogen-bond acceptors (Lipinski definition) is 3. The maximum Gasteiger partial charge on any atom is 0.138 e. The average molecular weight is 210 g/mol. The molecule has 0 radical (unpaired) electrons. The molecule has 0 bridgehead atoms. The average Bonchev–Trinajstić information content (AvgIpc) is 2.64. The maximum atomic E-state index is 6.00. The molecular formula is C11H22N4. The molecule has 2 atom stereocenters. The third-order valence-electron chi connectivity index (χ3n) is 2.84. The van der Waals surface area contributed by atoms with E-state index in [1.165, 1.54) is 0 Å². The van der Waals surface area contributed by atoms with Gasteiger partial charge in [0.25, 0.3) is 0 Å². The van der Waals surface area contributed by atoms with Gasteiger partial charge in [0.15, 0.2) is 0 Å². The van der Waals surface area contributed by atoms with Crippen LogP contribution in [-0.4, -0.2) is 20.8 Å². The molecule has 0 saturated heterocycles. The van der Waals surface area contributed by atoms with Crippen molar-refractivity contribution >= 4 is 0 Å². The Labute approximate surface area is 91.9 Å². The molecule has 0 aliphatic rings. The number of aromatic nitrogens is 3. The second-order valence-electron chi connectivity index (χ2n) is 4.47. The Hall–Kier alpha value is -0.900. The zero-order chi connectivity index (χ0) is 11.4. The number of rotatable bonds is 5. The lowest BCUT2D eigenvalue weighted by atomic mass is 9.97. The molecule has 0 aromatic carbocycles. The van der Waals surface area contributed by atoms with E-state index in [0.717, 1.165) is 18.7 Å². The van der Waals surface area contributed by atoms with Crippen molar-refractivity contribution in [1.82, 2.24) is 14.8 Å². The van der Waals surface area contributed by atoms with Crippen LogP contribution in [0.3, 0.4) is 0 Å². The van der Waals surface area contributed by atoms with E-state index >= 15 is 0 Å². The normalized spacial score (nSPS) is 15.6. The molecular weight excluding hydrogens is 188 g/mol. The topological polar surface area (TPSA) is 56.7 Å². The van der Waals surface area contributed by atoms with Crippen molar-refractivity contribution in [3.63, 3.8) is 0 Å². The Morgan fingerprint density at radius 3 is 2.60 bits per heavy atom. The lowest BCUT2D eigenvalue weighted by Crippen LogP contribution is -2.29. The number of nitrogens with zero attached hydrogens (tertiary/aromatic N) is 3. The lowest BCUT2D eigenvalue weighted by molar-refractivity contribution is 0.410. The highest BCUT2D eigenvalue weighted by atomic mass is 15.3. The predicted octanol–water partition coefficient (Wildman–Crippen LogP) is 1.77. The molecule has 1 aromatic rings. The molecule has 0 aliphatic heterocycles. The predicted molar refractivity (Wildman–Crippen MR) is 61.5 cm³/mol. The van der Waals surface area contributed by atoms with Crippen molar-refractivity contribution in [3.8, 4) is 0 Å². The fourth-order valence-corrected chi connectivity index (χ4v) is 1.69. The minimum Gasteiger partial charge on any atom is -0.327 e. The van der Waals surface area contributed by atoms with E-state index in [1.807, 2.05) is 4.68 Å². The molecule has 86 valence electrons. The van der Waals surface area contributed by atoms with Crippen LogP contribution in [0, 0.1) is 5.92 Å². The van der Waals surface area contributed by atoms with Gasteiger partial charge < -0.3 is 5.73 Å². The van der Waals surface area contributed by atoms with Crippen LogP contribution >= 0.6 is 0 Å². The van der Waals surface area contributed by atoms with E-state index in [0.29, 0.717) is 12.0 Å². The van der Waals surface area contributed by atoms with Crippen LogP contribution in [0.4, 0.5) is 0 Å². The van der Waals surface area contributed by atoms with E-state index in [-0.39, 0.29) is 6.04 Å². The molecule has 4 heteroatoms. The van der Waals surface area contributed by atoms with Crippen LogP contribution in [0.5, 0.6) is 0 Å². The Kier molecular flexibility index (Phi) is 4.27. The van der Waals surface area contributed by atoms with E-state index in [4.69, 9.17) is 5.73 Å². The summed E-state index contributed by atoms with van der Waals surface area (Å²) in [6.07, 6.45) is 3.55. The van der Waals surface area contributed by atoms with Gasteiger partial charge in [0.1, 0.15) is 12.2 Å². The molecule has 0 amide bonds. The van der Waals surface area contributed by atoms with Crippen LogP contribution in [0.1, 0.15) is 46.0 Å². The molecule has 4 nitrogen and oxygen atoms in total. The van der Waals surface area contributed by atoms with Crippen molar-refractivity contribution in [2.75, 3.05) is 0 Å². The molecule has 1 rings (SSSR count). The minimum absolute atomic E-state index is 0.252. The van der Waals surface area contributed by atoms with Gasteiger partial charge in [0, 0.05) is 18.5 Å². The fraction of sp³-hybridized carbons (Fsp3) is 0.818. The van der Waals surface area contributed by atoms with Crippen LogP contribution in [0.15, 0.2) is 6.33 Å². The fourth-order valence-electron chi connectivity index (χ4n) is 1.69. The maximum absolute atomic E-state index is 6.00. The van der Waals surface area contributed by atoms with Gasteiger partial charge in [-0.3, -0.25) is 0 Å². The second-order valence-corrected chi connectivity index (χ2v) is 4.47. The van der Waals surface area contributed by atoms with Crippen LogP contribution in [0.2, 0.25) is 0 Å². The van der Waals surface area contributed by atoms with Gasteiger partial charge >= 0.3 is 0 Å². The third-order valence-corrected chi connectivity index (χ3v) is 2.84. The highest BCUT2D eigenvalue weighted by Gasteiger charge is 2.15. The molecule has 0 fully saturated rings. The van der Waals surface area contributed by atoms with Gasteiger partial charge in [-0.1, -0.05) is 13.8 Å². The van der Waals surface area contributed by atoms with Crippen molar-refractivity contribution in [1.29, 1.82) is 0 Å². The largest absolute Gasteiger partial charge is 0.327 e. The Bertz CT molecular complexity index is 293. The summed E-state index contributed by atoms with van der Waals surface area (Å²) < 4.78 is 1.97. The minimum atomic E-state index is 0.252. The van der Waals surface area contributed by atoms with E-state index in [9.17, 15) is 0 Å². The molecule has 0 aliphatic carbocycles. The first kappa shape index (κ1) is 12.2. The van der Waals surface area contributed by atoms with Crippen LogP contribution in [-0.2, 0) is 6.42 Å².